The molecule has 1 heterocycles. The summed E-state index contributed by atoms with van der Waals surface area (Å²) in [6.07, 6.45) is 6.08. The number of benzene rings is 1. The first kappa shape index (κ1) is 28.6. The van der Waals surface area contributed by atoms with E-state index in [0.717, 1.165) is 18.6 Å². The Bertz CT molecular complexity index is 1090. The molecular weight excluding hydrogens is 493 g/mol. The van der Waals surface area contributed by atoms with Crippen LogP contribution in [0.5, 0.6) is 5.75 Å². The molecule has 37 heavy (non-hydrogen) atoms. The minimum absolute atomic E-state index is 0.0816. The van der Waals surface area contributed by atoms with Crippen molar-refractivity contribution in [2.24, 2.45) is 17.3 Å². The smallest absolute Gasteiger partial charge is 0.313 e. The summed E-state index contributed by atoms with van der Waals surface area (Å²) in [5, 5.41) is 0.283. The zero-order valence-corrected chi connectivity index (χ0v) is 27.4. The zero-order chi connectivity index (χ0) is 27.8. The lowest BCUT2D eigenvalue weighted by atomic mass is 9.57. The largest absolute Gasteiger partial charge is 0.543 e. The Morgan fingerprint density at radius 2 is 1.62 bits per heavy atom. The molecule has 0 spiro atoms. The number of hydrogen-bond acceptors (Lipinski definition) is 4. The Labute approximate surface area is 227 Å². The van der Waals surface area contributed by atoms with E-state index in [1.807, 2.05) is 0 Å². The fourth-order valence-electron chi connectivity index (χ4n) is 6.01. The average molecular weight is 543 g/mol. The molecule has 0 bridgehead atoms. The predicted molar refractivity (Wildman–Crippen MR) is 157 cm³/mol. The lowest BCUT2D eigenvalue weighted by Crippen LogP contribution is -2.52. The maximum atomic E-state index is 13.3. The highest BCUT2D eigenvalue weighted by molar-refractivity contribution is 6.75. The van der Waals surface area contributed by atoms with E-state index in [9.17, 15) is 4.79 Å². The first-order chi connectivity index (χ1) is 16.8. The van der Waals surface area contributed by atoms with Gasteiger partial charge in [0.2, 0.25) is 8.32 Å². The van der Waals surface area contributed by atoms with Gasteiger partial charge in [0.05, 0.1) is 12.5 Å². The van der Waals surface area contributed by atoms with Crippen molar-refractivity contribution < 1.29 is 18.4 Å². The van der Waals surface area contributed by atoms with Crippen LogP contribution in [-0.2, 0) is 20.4 Å². The Kier molecular flexibility index (Phi) is 7.03. The molecule has 1 aromatic rings. The quantitative estimate of drug-likeness (QED) is 0.214. The number of rotatable bonds is 5. The molecule has 4 nitrogen and oxygen atoms in total. The van der Waals surface area contributed by atoms with Gasteiger partial charge in [-0.1, -0.05) is 66.7 Å². The molecule has 1 aliphatic heterocycles. The second kappa shape index (κ2) is 9.09. The highest BCUT2D eigenvalue weighted by atomic mass is 28.4. The Hall–Kier alpha value is -1.38. The van der Waals surface area contributed by atoms with E-state index >= 15 is 0 Å². The SMILES string of the molecule is Cc1c(O[Si](C)(C)C(C)(C)C)ccc2c1C[C@@H]1[C@H]2C=C[C@@H]2C(=O)O[C@H](CO[Si](C)(C)C(C)(C)C)C[C@@]21C. The van der Waals surface area contributed by atoms with Crippen molar-refractivity contribution in [3.63, 3.8) is 0 Å². The van der Waals surface area contributed by atoms with Crippen LogP contribution in [0.4, 0.5) is 0 Å². The standard InChI is InChI=1S/C31H50O4Si2/c1-20-24-17-26-23(22(24)14-16-27(20)35-37(11,12)30(5,6)7)13-15-25-28(32)34-21(18-31(25,26)8)19-33-36(9,10)29(2,3)4/h13-16,21,23,25-26H,17-19H2,1-12H3/t21-,23-,25+,26+,31-/m0/s1. The molecule has 0 unspecified atom stereocenters. The van der Waals surface area contributed by atoms with Gasteiger partial charge in [0, 0.05) is 5.92 Å². The summed E-state index contributed by atoms with van der Waals surface area (Å²) in [5.41, 5.74) is 3.96. The molecule has 0 radical (unpaired) electrons. The molecule has 1 aromatic carbocycles. The second-order valence-corrected chi connectivity index (χ2v) is 24.7. The monoisotopic (exact) mass is 542 g/mol. The van der Waals surface area contributed by atoms with Crippen LogP contribution in [0.2, 0.25) is 36.3 Å². The van der Waals surface area contributed by atoms with E-state index < -0.39 is 16.6 Å². The third-order valence-electron chi connectivity index (χ3n) is 10.7. The highest BCUT2D eigenvalue weighted by Gasteiger charge is 2.56. The fraction of sp³-hybridized carbons (Fsp3) is 0.710. The van der Waals surface area contributed by atoms with E-state index in [-0.39, 0.29) is 33.5 Å². The summed E-state index contributed by atoms with van der Waals surface area (Å²) in [7, 11) is -3.85. The first-order valence-electron chi connectivity index (χ1n) is 14.1. The molecule has 1 saturated heterocycles. The molecule has 3 aliphatic rings. The van der Waals surface area contributed by atoms with Crippen molar-refractivity contribution in [2.75, 3.05) is 6.61 Å². The van der Waals surface area contributed by atoms with Gasteiger partial charge >= 0.3 is 5.97 Å². The molecule has 4 rings (SSSR count). The van der Waals surface area contributed by atoms with Crippen LogP contribution >= 0.6 is 0 Å². The Morgan fingerprint density at radius 3 is 2.22 bits per heavy atom. The average Bonchev–Trinajstić information content (AvgIpc) is 3.13. The molecule has 1 fully saturated rings. The summed E-state index contributed by atoms with van der Waals surface area (Å²) in [4.78, 5) is 13.3. The molecule has 0 amide bonds. The van der Waals surface area contributed by atoms with Gasteiger partial charge in [-0.3, -0.25) is 4.79 Å². The van der Waals surface area contributed by atoms with Crippen LogP contribution in [0.1, 0.15) is 77.5 Å². The number of esters is 1. The van der Waals surface area contributed by atoms with Crippen molar-refractivity contribution in [1.82, 2.24) is 0 Å². The van der Waals surface area contributed by atoms with Gasteiger partial charge in [0.25, 0.3) is 0 Å². The minimum atomic E-state index is -1.93. The van der Waals surface area contributed by atoms with Gasteiger partial charge in [-0.05, 0) is 90.1 Å². The van der Waals surface area contributed by atoms with E-state index in [2.05, 4.69) is 106 Å². The highest BCUT2D eigenvalue weighted by Crippen LogP contribution is 2.59. The van der Waals surface area contributed by atoms with Gasteiger partial charge in [0.1, 0.15) is 11.9 Å². The lowest BCUT2D eigenvalue weighted by molar-refractivity contribution is -0.176. The predicted octanol–water partition coefficient (Wildman–Crippen LogP) is 8.16. The number of carbonyl (C=O) groups is 1. The summed E-state index contributed by atoms with van der Waals surface area (Å²) in [5.74, 6) is 1.49. The summed E-state index contributed by atoms with van der Waals surface area (Å²) < 4.78 is 19.3. The number of allylic oxidation sites excluding steroid dienone is 1. The maximum absolute atomic E-state index is 13.3. The minimum Gasteiger partial charge on any atom is -0.543 e. The third kappa shape index (κ3) is 4.91. The number of hydrogen-bond donors (Lipinski definition) is 0. The lowest BCUT2D eigenvalue weighted by Gasteiger charge is -2.50. The van der Waals surface area contributed by atoms with Gasteiger partial charge in [-0.25, -0.2) is 0 Å². The molecule has 5 atom stereocenters. The van der Waals surface area contributed by atoms with Gasteiger partial charge in [-0.2, -0.15) is 0 Å². The topological polar surface area (TPSA) is 44.8 Å². The van der Waals surface area contributed by atoms with Crippen molar-refractivity contribution in [3.05, 3.63) is 41.0 Å². The van der Waals surface area contributed by atoms with Crippen LogP contribution in [0.15, 0.2) is 24.3 Å². The zero-order valence-electron chi connectivity index (χ0n) is 25.4. The van der Waals surface area contributed by atoms with E-state index in [4.69, 9.17) is 13.6 Å². The molecule has 0 aromatic heterocycles. The number of ether oxygens (including phenoxy) is 1. The molecule has 6 heteroatoms. The van der Waals surface area contributed by atoms with Gasteiger partial charge < -0.3 is 13.6 Å². The van der Waals surface area contributed by atoms with Crippen molar-refractivity contribution in [1.29, 1.82) is 0 Å². The van der Waals surface area contributed by atoms with Crippen molar-refractivity contribution >= 4 is 22.6 Å². The summed E-state index contributed by atoms with van der Waals surface area (Å²) >= 11 is 0. The van der Waals surface area contributed by atoms with Crippen LogP contribution in [0.3, 0.4) is 0 Å². The second-order valence-electron chi connectivity index (χ2n) is 15.2. The van der Waals surface area contributed by atoms with Crippen molar-refractivity contribution in [3.8, 4) is 5.75 Å². The van der Waals surface area contributed by atoms with E-state index in [0.29, 0.717) is 18.4 Å². The van der Waals surface area contributed by atoms with Crippen LogP contribution in [0, 0.1) is 24.2 Å². The molecule has 2 aliphatic carbocycles. The van der Waals surface area contributed by atoms with Crippen LogP contribution in [-0.4, -0.2) is 35.3 Å². The molecular formula is C31H50O4Si2. The molecule has 0 saturated carbocycles. The number of cyclic esters (lactones) is 1. The molecule has 0 N–H and O–H groups in total. The molecule has 206 valence electrons. The Morgan fingerprint density at radius 1 is 1.00 bits per heavy atom. The third-order valence-corrected chi connectivity index (χ3v) is 19.5. The summed E-state index contributed by atoms with van der Waals surface area (Å²) in [6.45, 7) is 27.8. The van der Waals surface area contributed by atoms with Crippen molar-refractivity contribution in [2.45, 2.75) is 117 Å². The van der Waals surface area contributed by atoms with Crippen LogP contribution < -0.4 is 4.43 Å². The maximum Gasteiger partial charge on any atom is 0.313 e. The van der Waals surface area contributed by atoms with Crippen LogP contribution in [0.25, 0.3) is 0 Å². The number of fused-ring (bicyclic) bond motifs is 5. The van der Waals surface area contributed by atoms with E-state index in [1.54, 1.807) is 0 Å². The number of carbonyl (C=O) groups excluding carboxylic acids is 1. The normalized spacial score (nSPS) is 29.9. The van der Waals surface area contributed by atoms with Gasteiger partial charge in [0.15, 0.2) is 8.32 Å². The van der Waals surface area contributed by atoms with E-state index in [1.165, 1.54) is 16.7 Å². The summed E-state index contributed by atoms with van der Waals surface area (Å²) in [6, 6.07) is 4.49. The van der Waals surface area contributed by atoms with Gasteiger partial charge in [-0.15, -0.1) is 0 Å². The first-order valence-corrected chi connectivity index (χ1v) is 19.9. The Balaban J connectivity index is 1.59. The fourth-order valence-corrected chi connectivity index (χ4v) is 8.12.